The summed E-state index contributed by atoms with van der Waals surface area (Å²) in [4.78, 5) is 38.0. The van der Waals surface area contributed by atoms with Crippen LogP contribution in [0, 0.1) is 18.6 Å². The summed E-state index contributed by atoms with van der Waals surface area (Å²) in [6.07, 6.45) is 0. The zero-order chi connectivity index (χ0) is 22.3. The van der Waals surface area contributed by atoms with E-state index in [2.05, 4.69) is 15.5 Å². The van der Waals surface area contributed by atoms with E-state index in [0.29, 0.717) is 21.4 Å². The molecule has 2 aliphatic rings. The molecule has 2 aromatic rings. The van der Waals surface area contributed by atoms with Gasteiger partial charge in [0, 0.05) is 11.5 Å². The number of benzene rings is 1. The maximum absolute atomic E-state index is 13.9. The molecule has 31 heavy (non-hydrogen) atoms. The quantitative estimate of drug-likeness (QED) is 0.474. The van der Waals surface area contributed by atoms with Crippen molar-refractivity contribution in [3.05, 3.63) is 51.7 Å². The number of amides is 2. The van der Waals surface area contributed by atoms with Crippen LogP contribution in [0.1, 0.15) is 15.4 Å². The highest BCUT2D eigenvalue weighted by Crippen LogP contribution is 2.41. The first-order chi connectivity index (χ1) is 14.8. The third kappa shape index (κ3) is 4.04. The van der Waals surface area contributed by atoms with Gasteiger partial charge in [-0.1, -0.05) is 29.2 Å². The molecule has 3 heterocycles. The summed E-state index contributed by atoms with van der Waals surface area (Å²) in [6.45, 7) is 1.81. The summed E-state index contributed by atoms with van der Waals surface area (Å²) in [5.41, 5.74) is -0.372. The molecule has 0 bridgehead atoms. The maximum Gasteiger partial charge on any atom is 0.352 e. The van der Waals surface area contributed by atoms with Gasteiger partial charge in [0.25, 0.3) is 11.8 Å². The van der Waals surface area contributed by atoms with E-state index in [1.807, 2.05) is 6.92 Å². The third-order valence-electron chi connectivity index (χ3n) is 4.60. The Morgan fingerprint density at radius 2 is 2.03 bits per heavy atom. The molecule has 1 aromatic carbocycles. The number of aromatic nitrogens is 2. The minimum atomic E-state index is -1.26. The van der Waals surface area contributed by atoms with Crippen LogP contribution < -0.4 is 5.32 Å². The van der Waals surface area contributed by atoms with Crippen LogP contribution in [0.15, 0.2) is 33.8 Å². The zero-order valence-corrected chi connectivity index (χ0v) is 18.2. The van der Waals surface area contributed by atoms with Gasteiger partial charge in [0.15, 0.2) is 4.34 Å². The lowest BCUT2D eigenvalue weighted by Gasteiger charge is -2.49. The van der Waals surface area contributed by atoms with Crippen LogP contribution in [0.5, 0.6) is 0 Å². The lowest BCUT2D eigenvalue weighted by molar-refractivity contribution is -0.148. The second-order valence-electron chi connectivity index (χ2n) is 6.59. The Hall–Kier alpha value is -2.51. The van der Waals surface area contributed by atoms with E-state index in [1.165, 1.54) is 34.9 Å². The monoisotopic (exact) mass is 484 g/mol. The molecule has 162 valence electrons. The molecule has 4 rings (SSSR count). The van der Waals surface area contributed by atoms with E-state index in [9.17, 15) is 28.3 Å². The number of carboxylic acid groups (broad SMARTS) is 1. The van der Waals surface area contributed by atoms with Crippen molar-refractivity contribution in [2.75, 3.05) is 11.5 Å². The lowest BCUT2D eigenvalue weighted by atomic mass is 10.0. The van der Waals surface area contributed by atoms with Crippen LogP contribution >= 0.6 is 34.9 Å². The number of fused-ring (bicyclic) bond motifs is 1. The Morgan fingerprint density at radius 1 is 1.32 bits per heavy atom. The van der Waals surface area contributed by atoms with E-state index in [0.717, 1.165) is 28.1 Å². The first-order valence-electron chi connectivity index (χ1n) is 8.85. The lowest BCUT2D eigenvalue weighted by Crippen LogP contribution is -2.70. The fourth-order valence-electron chi connectivity index (χ4n) is 3.21. The van der Waals surface area contributed by atoms with Gasteiger partial charge in [0.05, 0.1) is 0 Å². The molecule has 1 fully saturated rings. The van der Waals surface area contributed by atoms with Crippen LogP contribution in [0.25, 0.3) is 0 Å². The number of carbonyl (C=O) groups is 3. The minimum absolute atomic E-state index is 0.134. The molecule has 2 atom stereocenters. The van der Waals surface area contributed by atoms with E-state index in [4.69, 9.17) is 0 Å². The van der Waals surface area contributed by atoms with Gasteiger partial charge in [0.1, 0.15) is 39.3 Å². The number of nitrogens with zero attached hydrogens (tertiary/aromatic N) is 3. The first-order valence-corrected chi connectivity index (χ1v) is 11.7. The molecule has 8 nitrogen and oxygen atoms in total. The molecule has 2 aliphatic heterocycles. The molecule has 1 saturated heterocycles. The van der Waals surface area contributed by atoms with E-state index in [-0.39, 0.29) is 5.70 Å². The molecule has 2 N–H and O–H groups in total. The highest BCUT2D eigenvalue weighted by atomic mass is 32.2. The van der Waals surface area contributed by atoms with Crippen molar-refractivity contribution in [2.24, 2.45) is 0 Å². The van der Waals surface area contributed by atoms with Crippen molar-refractivity contribution < 1.29 is 28.3 Å². The number of halogens is 2. The summed E-state index contributed by atoms with van der Waals surface area (Å²) in [6, 6.07) is 1.93. The third-order valence-corrected chi connectivity index (χ3v) is 8.00. The molecular formula is C18H14F2N4O4S3. The Bertz CT molecular complexity index is 1100. The summed E-state index contributed by atoms with van der Waals surface area (Å²) in [5, 5.41) is 20.0. The molecule has 0 spiro atoms. The summed E-state index contributed by atoms with van der Waals surface area (Å²) < 4.78 is 28.4. The van der Waals surface area contributed by atoms with Crippen molar-refractivity contribution in [3.8, 4) is 0 Å². The number of rotatable bonds is 6. The van der Waals surface area contributed by atoms with Crippen LogP contribution in [-0.4, -0.2) is 60.9 Å². The number of β-lactam (4-membered cyclic amide) rings is 1. The molecule has 0 aliphatic carbocycles. The standard InChI is InChI=1S/C18H14F2N4O4S3/c1-7-22-23-18(31-7)30-6-8-5-29-16-12(15(26)24(16)13(8)17(27)28)21-14(25)11-9(19)3-2-4-10(11)20/h2-4,12,16H,5-6H2,1H3,(H,21,25)(H,27,28)/t12-,16-/m0/s1. The molecular weight excluding hydrogens is 470 g/mol. The first kappa shape index (κ1) is 21.7. The second-order valence-corrected chi connectivity index (χ2v) is 10.1. The highest BCUT2D eigenvalue weighted by molar-refractivity contribution is 8.01. The van der Waals surface area contributed by atoms with Crippen LogP contribution in [0.3, 0.4) is 0 Å². The topological polar surface area (TPSA) is 112 Å². The number of hydrogen-bond donors (Lipinski definition) is 2. The summed E-state index contributed by atoms with van der Waals surface area (Å²) in [7, 11) is 0. The van der Waals surface area contributed by atoms with Crippen molar-refractivity contribution in [1.29, 1.82) is 0 Å². The van der Waals surface area contributed by atoms with Crippen molar-refractivity contribution in [1.82, 2.24) is 20.4 Å². The molecule has 2 amide bonds. The van der Waals surface area contributed by atoms with E-state index >= 15 is 0 Å². The van der Waals surface area contributed by atoms with Crippen LogP contribution in [0.4, 0.5) is 8.78 Å². The molecule has 0 unspecified atom stereocenters. The smallest absolute Gasteiger partial charge is 0.352 e. The fourth-order valence-corrected chi connectivity index (χ4v) is 6.51. The van der Waals surface area contributed by atoms with Gasteiger partial charge in [-0.05, 0) is 24.6 Å². The Labute approximate surface area is 187 Å². The van der Waals surface area contributed by atoms with Crippen LogP contribution in [-0.2, 0) is 9.59 Å². The van der Waals surface area contributed by atoms with Crippen molar-refractivity contribution >= 4 is 52.6 Å². The van der Waals surface area contributed by atoms with Gasteiger partial charge in [-0.25, -0.2) is 13.6 Å². The minimum Gasteiger partial charge on any atom is -0.477 e. The van der Waals surface area contributed by atoms with Crippen molar-refractivity contribution in [3.63, 3.8) is 0 Å². The molecule has 1 aromatic heterocycles. The number of aryl methyl sites for hydroxylation is 1. The summed E-state index contributed by atoms with van der Waals surface area (Å²) in [5.74, 6) is -4.42. The predicted octanol–water partition coefficient (Wildman–Crippen LogP) is 2.27. The number of hydrogen-bond acceptors (Lipinski definition) is 8. The number of carbonyl (C=O) groups excluding carboxylic acids is 2. The van der Waals surface area contributed by atoms with E-state index in [1.54, 1.807) is 0 Å². The average Bonchev–Trinajstić information content (AvgIpc) is 3.14. The van der Waals surface area contributed by atoms with Gasteiger partial charge in [-0.15, -0.1) is 22.0 Å². The largest absolute Gasteiger partial charge is 0.477 e. The number of aliphatic carboxylic acids is 1. The van der Waals surface area contributed by atoms with Crippen molar-refractivity contribution in [2.45, 2.75) is 22.7 Å². The molecule has 13 heteroatoms. The fraction of sp³-hybridized carbons (Fsp3) is 0.278. The van der Waals surface area contributed by atoms with E-state index < -0.39 is 46.4 Å². The zero-order valence-electron chi connectivity index (χ0n) is 15.8. The predicted molar refractivity (Wildman–Crippen MR) is 111 cm³/mol. The van der Waals surface area contributed by atoms with Gasteiger partial charge in [0.2, 0.25) is 0 Å². The number of carboxylic acids is 1. The second kappa shape index (κ2) is 8.55. The van der Waals surface area contributed by atoms with Gasteiger partial charge >= 0.3 is 5.97 Å². The average molecular weight is 485 g/mol. The van der Waals surface area contributed by atoms with Crippen LogP contribution in [0.2, 0.25) is 0 Å². The molecule has 0 radical (unpaired) electrons. The van der Waals surface area contributed by atoms with Gasteiger partial charge < -0.3 is 10.4 Å². The van der Waals surface area contributed by atoms with Gasteiger partial charge in [-0.3, -0.25) is 14.5 Å². The number of nitrogens with one attached hydrogen (secondary N) is 1. The Kier molecular flexibility index (Phi) is 5.99. The Balaban J connectivity index is 1.50. The molecule has 0 saturated carbocycles. The Morgan fingerprint density at radius 3 is 2.65 bits per heavy atom. The SMILES string of the molecule is Cc1nnc(SCC2=C(C(=O)O)N3C(=O)[C@H](NC(=O)c4c(F)cccc4F)[C@@H]3SC2)s1. The maximum atomic E-state index is 13.9. The highest BCUT2D eigenvalue weighted by Gasteiger charge is 2.54. The summed E-state index contributed by atoms with van der Waals surface area (Å²) >= 11 is 3.99. The number of thioether (sulfide) groups is 2. The van der Waals surface area contributed by atoms with Gasteiger partial charge in [-0.2, -0.15) is 0 Å². The normalized spacial score (nSPS) is 20.4.